The van der Waals surface area contributed by atoms with Gasteiger partial charge in [-0.1, -0.05) is 25.2 Å². The predicted molar refractivity (Wildman–Crippen MR) is 84.2 cm³/mol. The molecule has 1 aliphatic heterocycles. The Morgan fingerprint density at radius 1 is 1.55 bits per heavy atom. The highest BCUT2D eigenvalue weighted by atomic mass is 32.1. The van der Waals surface area contributed by atoms with Crippen molar-refractivity contribution in [3.63, 3.8) is 0 Å². The van der Waals surface area contributed by atoms with Crippen LogP contribution >= 0.6 is 12.2 Å². The molecule has 0 radical (unpaired) electrons. The lowest BCUT2D eigenvalue weighted by atomic mass is 10.1. The fourth-order valence-corrected chi connectivity index (χ4v) is 2.63. The number of hydrogen-bond donors (Lipinski definition) is 1. The Morgan fingerprint density at radius 3 is 3.00 bits per heavy atom. The monoisotopic (exact) mass is 294 g/mol. The van der Waals surface area contributed by atoms with Crippen LogP contribution in [0.3, 0.4) is 0 Å². The Hall–Kier alpha value is -1.17. The van der Waals surface area contributed by atoms with Crippen molar-refractivity contribution in [3.05, 3.63) is 29.3 Å². The van der Waals surface area contributed by atoms with Crippen LogP contribution in [-0.4, -0.2) is 42.8 Å². The van der Waals surface area contributed by atoms with Gasteiger partial charge in [-0.3, -0.25) is 4.90 Å². The van der Waals surface area contributed by atoms with Crippen molar-refractivity contribution < 1.29 is 9.47 Å². The van der Waals surface area contributed by atoms with E-state index in [1.54, 1.807) is 7.11 Å². The Labute approximate surface area is 125 Å². The van der Waals surface area contributed by atoms with Crippen LogP contribution in [-0.2, 0) is 11.3 Å². The first-order valence-electron chi connectivity index (χ1n) is 6.94. The van der Waals surface area contributed by atoms with E-state index in [1.807, 2.05) is 12.1 Å². The number of nitrogens with zero attached hydrogens (tertiary/aromatic N) is 1. The molecule has 2 N–H and O–H groups in total. The molecule has 1 atom stereocenters. The van der Waals surface area contributed by atoms with E-state index in [2.05, 4.69) is 17.9 Å². The highest BCUT2D eigenvalue weighted by Gasteiger charge is 2.19. The van der Waals surface area contributed by atoms with E-state index in [9.17, 15) is 0 Å². The number of nitrogens with two attached hydrogens (primary N) is 1. The normalized spacial score (nSPS) is 19.8. The average molecular weight is 294 g/mol. The number of benzene rings is 1. The van der Waals surface area contributed by atoms with Gasteiger partial charge in [0.25, 0.3) is 0 Å². The van der Waals surface area contributed by atoms with Gasteiger partial charge in [0.15, 0.2) is 0 Å². The zero-order valence-electron chi connectivity index (χ0n) is 12.1. The van der Waals surface area contributed by atoms with Crippen molar-refractivity contribution in [2.24, 2.45) is 5.73 Å². The van der Waals surface area contributed by atoms with E-state index in [1.165, 1.54) is 5.56 Å². The van der Waals surface area contributed by atoms with Gasteiger partial charge in [-0.2, -0.15) is 0 Å². The van der Waals surface area contributed by atoms with Gasteiger partial charge in [-0.25, -0.2) is 0 Å². The Morgan fingerprint density at radius 2 is 2.35 bits per heavy atom. The van der Waals surface area contributed by atoms with Crippen LogP contribution in [0.1, 0.15) is 24.5 Å². The average Bonchev–Trinajstić information content (AvgIpc) is 2.47. The van der Waals surface area contributed by atoms with Crippen LogP contribution in [0.25, 0.3) is 0 Å². The number of hydrogen-bond acceptors (Lipinski definition) is 4. The van der Waals surface area contributed by atoms with Crippen molar-refractivity contribution >= 4 is 17.2 Å². The van der Waals surface area contributed by atoms with Crippen LogP contribution in [0.15, 0.2) is 18.2 Å². The largest absolute Gasteiger partial charge is 0.496 e. The zero-order valence-corrected chi connectivity index (χ0v) is 12.9. The summed E-state index contributed by atoms with van der Waals surface area (Å²) in [5.74, 6) is 0.731. The van der Waals surface area contributed by atoms with Gasteiger partial charge in [-0.15, -0.1) is 0 Å². The molecule has 2 rings (SSSR count). The molecule has 1 unspecified atom stereocenters. The third kappa shape index (κ3) is 3.69. The maximum Gasteiger partial charge on any atom is 0.129 e. The SMILES string of the molecule is CCC1CN(Cc2ccc(OC)c(C(N)=S)c2)CCO1. The molecular weight excluding hydrogens is 272 g/mol. The molecule has 1 aliphatic rings. The molecule has 0 aliphatic carbocycles. The van der Waals surface area contributed by atoms with E-state index in [0.29, 0.717) is 11.1 Å². The van der Waals surface area contributed by atoms with E-state index >= 15 is 0 Å². The smallest absolute Gasteiger partial charge is 0.129 e. The van der Waals surface area contributed by atoms with Gasteiger partial charge in [0, 0.05) is 19.6 Å². The van der Waals surface area contributed by atoms with Crippen molar-refractivity contribution in [3.8, 4) is 5.75 Å². The first kappa shape index (κ1) is 15.2. The lowest BCUT2D eigenvalue weighted by Gasteiger charge is -2.32. The van der Waals surface area contributed by atoms with Crippen molar-refractivity contribution in [2.45, 2.75) is 26.0 Å². The van der Waals surface area contributed by atoms with Crippen molar-refractivity contribution in [2.75, 3.05) is 26.8 Å². The Bertz CT molecular complexity index is 479. The second kappa shape index (κ2) is 7.02. The van der Waals surface area contributed by atoms with E-state index in [0.717, 1.165) is 44.0 Å². The first-order chi connectivity index (χ1) is 9.63. The summed E-state index contributed by atoms with van der Waals surface area (Å²) in [5.41, 5.74) is 7.76. The minimum absolute atomic E-state index is 0.344. The van der Waals surface area contributed by atoms with Gasteiger partial charge < -0.3 is 15.2 Å². The van der Waals surface area contributed by atoms with Gasteiger partial charge in [0.2, 0.25) is 0 Å². The van der Waals surface area contributed by atoms with E-state index < -0.39 is 0 Å². The molecule has 1 fully saturated rings. The highest BCUT2D eigenvalue weighted by Crippen LogP contribution is 2.21. The Kier molecular flexibility index (Phi) is 5.34. The van der Waals surface area contributed by atoms with E-state index in [4.69, 9.17) is 27.4 Å². The molecule has 0 bridgehead atoms. The van der Waals surface area contributed by atoms with Gasteiger partial charge in [0.1, 0.15) is 10.7 Å². The number of ether oxygens (including phenoxy) is 2. The third-order valence-corrected chi connectivity index (χ3v) is 3.83. The van der Waals surface area contributed by atoms with Crippen LogP contribution in [0.5, 0.6) is 5.75 Å². The third-order valence-electron chi connectivity index (χ3n) is 3.61. The highest BCUT2D eigenvalue weighted by molar-refractivity contribution is 7.80. The summed E-state index contributed by atoms with van der Waals surface area (Å²) in [6.07, 6.45) is 1.40. The predicted octanol–water partition coefficient (Wildman–Crippen LogP) is 1.94. The number of rotatable bonds is 5. The summed E-state index contributed by atoms with van der Waals surface area (Å²) < 4.78 is 11.0. The summed E-state index contributed by atoms with van der Waals surface area (Å²) in [6, 6.07) is 6.02. The van der Waals surface area contributed by atoms with Crippen LogP contribution in [0.4, 0.5) is 0 Å². The minimum atomic E-state index is 0.344. The topological polar surface area (TPSA) is 47.7 Å². The molecule has 1 heterocycles. The number of morpholine rings is 1. The van der Waals surface area contributed by atoms with Crippen molar-refractivity contribution in [1.82, 2.24) is 4.90 Å². The molecule has 0 saturated carbocycles. The van der Waals surface area contributed by atoms with Crippen LogP contribution < -0.4 is 10.5 Å². The molecule has 1 aromatic rings. The first-order valence-corrected chi connectivity index (χ1v) is 7.35. The summed E-state index contributed by atoms with van der Waals surface area (Å²) in [6.45, 7) is 5.79. The quantitative estimate of drug-likeness (QED) is 0.841. The van der Waals surface area contributed by atoms with Crippen LogP contribution in [0, 0.1) is 0 Å². The summed E-state index contributed by atoms with van der Waals surface area (Å²) >= 11 is 5.08. The van der Waals surface area contributed by atoms with Gasteiger partial charge in [-0.05, 0) is 24.1 Å². The molecule has 0 aromatic heterocycles. The van der Waals surface area contributed by atoms with Crippen LogP contribution in [0.2, 0.25) is 0 Å². The maximum absolute atomic E-state index is 5.75. The minimum Gasteiger partial charge on any atom is -0.496 e. The lowest BCUT2D eigenvalue weighted by Crippen LogP contribution is -2.41. The fraction of sp³-hybridized carbons (Fsp3) is 0.533. The second-order valence-electron chi connectivity index (χ2n) is 5.04. The number of methoxy groups -OCH3 is 1. The van der Waals surface area contributed by atoms with Crippen molar-refractivity contribution in [1.29, 1.82) is 0 Å². The fourth-order valence-electron chi connectivity index (χ4n) is 2.48. The van der Waals surface area contributed by atoms with Gasteiger partial charge >= 0.3 is 0 Å². The summed E-state index contributed by atoms with van der Waals surface area (Å²) in [4.78, 5) is 2.78. The van der Waals surface area contributed by atoms with E-state index in [-0.39, 0.29) is 0 Å². The maximum atomic E-state index is 5.75. The molecule has 110 valence electrons. The molecule has 4 nitrogen and oxygen atoms in total. The molecule has 1 saturated heterocycles. The van der Waals surface area contributed by atoms with Gasteiger partial charge in [0.05, 0.1) is 25.4 Å². The molecule has 0 spiro atoms. The summed E-state index contributed by atoms with van der Waals surface area (Å²) in [5, 5.41) is 0. The Balaban J connectivity index is 2.09. The zero-order chi connectivity index (χ0) is 14.5. The lowest BCUT2D eigenvalue weighted by molar-refractivity contribution is -0.0324. The molecule has 20 heavy (non-hydrogen) atoms. The number of thiocarbonyl (C=S) groups is 1. The molecule has 0 amide bonds. The second-order valence-corrected chi connectivity index (χ2v) is 5.47. The summed E-state index contributed by atoms with van der Waals surface area (Å²) in [7, 11) is 1.63. The molecule has 5 heteroatoms. The molecule has 1 aromatic carbocycles. The standard InChI is InChI=1S/C15H22N2O2S/c1-3-12-10-17(6-7-19-12)9-11-4-5-14(18-2)13(8-11)15(16)20/h4-5,8,12H,3,6-7,9-10H2,1-2H3,(H2,16,20). The molecular formula is C15H22N2O2S.